The van der Waals surface area contributed by atoms with Gasteiger partial charge in [0.1, 0.15) is 5.69 Å². The SMILES string of the molecule is CCCCN(CC)c1ccc(C(N)=NO)cc1[N+](=O)[O-]. The molecule has 0 heterocycles. The normalized spacial score (nSPS) is 11.4. The van der Waals surface area contributed by atoms with Crippen LogP contribution in [0.1, 0.15) is 32.3 Å². The maximum absolute atomic E-state index is 11.2. The molecule has 7 nitrogen and oxygen atoms in total. The van der Waals surface area contributed by atoms with Gasteiger partial charge in [-0.05, 0) is 25.5 Å². The maximum atomic E-state index is 11.2. The van der Waals surface area contributed by atoms with Gasteiger partial charge in [0.2, 0.25) is 0 Å². The van der Waals surface area contributed by atoms with E-state index < -0.39 is 4.92 Å². The molecule has 1 aromatic carbocycles. The van der Waals surface area contributed by atoms with Crippen LogP contribution in [-0.4, -0.2) is 29.1 Å². The number of amidine groups is 1. The summed E-state index contributed by atoms with van der Waals surface area (Å²) in [5.41, 5.74) is 6.32. The third-order valence-corrected chi connectivity index (χ3v) is 3.08. The van der Waals surface area contributed by atoms with Crippen LogP contribution in [0.15, 0.2) is 23.4 Å². The van der Waals surface area contributed by atoms with Gasteiger partial charge >= 0.3 is 0 Å². The van der Waals surface area contributed by atoms with Crippen LogP contribution in [0.5, 0.6) is 0 Å². The van der Waals surface area contributed by atoms with Gasteiger partial charge in [-0.25, -0.2) is 0 Å². The first kappa shape index (κ1) is 15.7. The molecule has 110 valence electrons. The molecule has 1 aromatic rings. The summed E-state index contributed by atoms with van der Waals surface area (Å²) < 4.78 is 0. The number of oxime groups is 1. The third kappa shape index (κ3) is 3.59. The van der Waals surface area contributed by atoms with Gasteiger partial charge in [-0.15, -0.1) is 0 Å². The van der Waals surface area contributed by atoms with Crippen molar-refractivity contribution < 1.29 is 10.1 Å². The first-order valence-corrected chi connectivity index (χ1v) is 6.56. The first-order chi connectivity index (χ1) is 9.54. The smallest absolute Gasteiger partial charge is 0.293 e. The lowest BCUT2D eigenvalue weighted by Crippen LogP contribution is -2.25. The summed E-state index contributed by atoms with van der Waals surface area (Å²) in [4.78, 5) is 12.7. The fraction of sp³-hybridized carbons (Fsp3) is 0.462. The van der Waals surface area contributed by atoms with Crippen molar-refractivity contribution in [3.05, 3.63) is 33.9 Å². The number of anilines is 1. The fourth-order valence-corrected chi connectivity index (χ4v) is 1.95. The molecule has 0 unspecified atom stereocenters. The summed E-state index contributed by atoms with van der Waals surface area (Å²) in [5, 5.41) is 22.7. The predicted octanol–water partition coefficient (Wildman–Crippen LogP) is 2.32. The third-order valence-electron chi connectivity index (χ3n) is 3.08. The molecule has 0 aromatic heterocycles. The van der Waals surface area contributed by atoms with Gasteiger partial charge in [0.05, 0.1) is 4.92 Å². The van der Waals surface area contributed by atoms with Crippen LogP contribution in [0.25, 0.3) is 0 Å². The standard InChI is InChI=1S/C13H20N4O3/c1-3-5-8-16(4-2)11-7-6-10(13(14)15-18)9-12(11)17(19)20/h6-7,9,18H,3-5,8H2,1-2H3,(H2,14,15). The number of hydrogen-bond donors (Lipinski definition) is 2. The molecule has 0 aliphatic rings. The Kier molecular flexibility index (Phi) is 5.76. The van der Waals surface area contributed by atoms with Crippen molar-refractivity contribution in [2.75, 3.05) is 18.0 Å². The molecule has 7 heteroatoms. The Morgan fingerprint density at radius 2 is 2.20 bits per heavy atom. The molecule has 0 saturated heterocycles. The van der Waals surface area contributed by atoms with Gasteiger partial charge in [-0.2, -0.15) is 0 Å². The minimum absolute atomic E-state index is 0.0351. The van der Waals surface area contributed by atoms with E-state index in [1.54, 1.807) is 12.1 Å². The maximum Gasteiger partial charge on any atom is 0.293 e. The van der Waals surface area contributed by atoms with Crippen LogP contribution < -0.4 is 10.6 Å². The molecule has 0 radical (unpaired) electrons. The average molecular weight is 280 g/mol. The minimum atomic E-state index is -0.446. The molecule has 0 amide bonds. The van der Waals surface area contributed by atoms with E-state index in [4.69, 9.17) is 10.9 Å². The van der Waals surface area contributed by atoms with E-state index in [9.17, 15) is 10.1 Å². The highest BCUT2D eigenvalue weighted by Crippen LogP contribution is 2.29. The van der Waals surface area contributed by atoms with Crippen molar-refractivity contribution in [1.82, 2.24) is 0 Å². The Bertz CT molecular complexity index is 502. The van der Waals surface area contributed by atoms with E-state index in [0.717, 1.165) is 19.4 Å². The van der Waals surface area contributed by atoms with Gasteiger partial charge in [0.15, 0.2) is 5.84 Å². The average Bonchev–Trinajstić information content (AvgIpc) is 2.47. The Hall–Kier alpha value is -2.31. The van der Waals surface area contributed by atoms with Crippen LogP contribution in [0.3, 0.4) is 0 Å². The Morgan fingerprint density at radius 1 is 1.50 bits per heavy atom. The van der Waals surface area contributed by atoms with Crippen LogP contribution in [-0.2, 0) is 0 Å². The van der Waals surface area contributed by atoms with Crippen molar-refractivity contribution in [2.24, 2.45) is 10.9 Å². The highest BCUT2D eigenvalue weighted by atomic mass is 16.6. The van der Waals surface area contributed by atoms with Crippen LogP contribution in [0.2, 0.25) is 0 Å². The lowest BCUT2D eigenvalue weighted by molar-refractivity contribution is -0.384. The molecule has 0 atom stereocenters. The summed E-state index contributed by atoms with van der Waals surface area (Å²) in [6.45, 7) is 5.47. The molecular formula is C13H20N4O3. The van der Waals surface area contributed by atoms with E-state index in [1.807, 2.05) is 11.8 Å². The molecule has 0 spiro atoms. The van der Waals surface area contributed by atoms with Gasteiger partial charge in [-0.1, -0.05) is 18.5 Å². The van der Waals surface area contributed by atoms with E-state index in [0.29, 0.717) is 17.8 Å². The summed E-state index contributed by atoms with van der Waals surface area (Å²) in [6.07, 6.45) is 1.99. The second-order valence-corrected chi connectivity index (χ2v) is 4.38. The minimum Gasteiger partial charge on any atom is -0.409 e. The van der Waals surface area contributed by atoms with Crippen molar-refractivity contribution in [1.29, 1.82) is 0 Å². The molecule has 0 fully saturated rings. The second-order valence-electron chi connectivity index (χ2n) is 4.38. The number of nitrogens with zero attached hydrogens (tertiary/aromatic N) is 3. The molecular weight excluding hydrogens is 260 g/mol. The van der Waals surface area contributed by atoms with Gasteiger partial charge in [0.25, 0.3) is 5.69 Å². The molecule has 20 heavy (non-hydrogen) atoms. The number of unbranched alkanes of at least 4 members (excludes halogenated alkanes) is 1. The monoisotopic (exact) mass is 280 g/mol. The number of nitrogens with two attached hydrogens (primary N) is 1. The Labute approximate surface area is 117 Å². The van der Waals surface area contributed by atoms with Crippen LogP contribution >= 0.6 is 0 Å². The fourth-order valence-electron chi connectivity index (χ4n) is 1.95. The predicted molar refractivity (Wildman–Crippen MR) is 78.4 cm³/mol. The number of rotatable bonds is 7. The summed E-state index contributed by atoms with van der Waals surface area (Å²) >= 11 is 0. The highest BCUT2D eigenvalue weighted by molar-refractivity contribution is 5.98. The van der Waals surface area contributed by atoms with Crippen molar-refractivity contribution in [3.63, 3.8) is 0 Å². The second kappa shape index (κ2) is 7.32. The largest absolute Gasteiger partial charge is 0.409 e. The topological polar surface area (TPSA) is 105 Å². The zero-order chi connectivity index (χ0) is 15.1. The molecule has 0 bridgehead atoms. The molecule has 1 rings (SSSR count). The lowest BCUT2D eigenvalue weighted by Gasteiger charge is -2.22. The van der Waals surface area contributed by atoms with Crippen molar-refractivity contribution >= 4 is 17.2 Å². The highest BCUT2D eigenvalue weighted by Gasteiger charge is 2.20. The van der Waals surface area contributed by atoms with Crippen LogP contribution in [0.4, 0.5) is 11.4 Å². The Balaban J connectivity index is 3.21. The van der Waals surface area contributed by atoms with E-state index in [-0.39, 0.29) is 11.5 Å². The Morgan fingerprint density at radius 3 is 2.70 bits per heavy atom. The first-order valence-electron chi connectivity index (χ1n) is 6.56. The number of nitro groups is 1. The zero-order valence-electron chi connectivity index (χ0n) is 11.7. The van der Waals surface area contributed by atoms with Crippen molar-refractivity contribution in [2.45, 2.75) is 26.7 Å². The number of hydrogen-bond acceptors (Lipinski definition) is 5. The van der Waals surface area contributed by atoms with Crippen LogP contribution in [0, 0.1) is 10.1 Å². The number of nitro benzene ring substituents is 1. The van der Waals surface area contributed by atoms with E-state index >= 15 is 0 Å². The summed E-state index contributed by atoms with van der Waals surface area (Å²) in [5.74, 6) is -0.142. The zero-order valence-corrected chi connectivity index (χ0v) is 11.7. The molecule has 0 aliphatic carbocycles. The van der Waals surface area contributed by atoms with E-state index in [2.05, 4.69) is 12.1 Å². The van der Waals surface area contributed by atoms with Crippen molar-refractivity contribution in [3.8, 4) is 0 Å². The lowest BCUT2D eigenvalue weighted by atomic mass is 10.1. The molecule has 3 N–H and O–H groups in total. The summed E-state index contributed by atoms with van der Waals surface area (Å²) in [6, 6.07) is 4.59. The quantitative estimate of drug-likeness (QED) is 0.262. The van der Waals surface area contributed by atoms with Gasteiger partial charge in [-0.3, -0.25) is 10.1 Å². The van der Waals surface area contributed by atoms with E-state index in [1.165, 1.54) is 6.07 Å². The number of benzene rings is 1. The van der Waals surface area contributed by atoms with Gasteiger partial charge in [0, 0.05) is 24.7 Å². The summed E-state index contributed by atoms with van der Waals surface area (Å²) in [7, 11) is 0. The molecule has 0 aliphatic heterocycles. The molecule has 0 saturated carbocycles. The van der Waals surface area contributed by atoms with Gasteiger partial charge < -0.3 is 15.8 Å².